The molecule has 0 saturated heterocycles. The molecule has 0 spiro atoms. The van der Waals surface area contributed by atoms with Crippen LogP contribution in [0.2, 0.25) is 0 Å². The number of hydrogen-bond acceptors (Lipinski definition) is 3. The number of carbonyl (C=O) groups is 1. The maximum absolute atomic E-state index is 13.1. The lowest BCUT2D eigenvalue weighted by Gasteiger charge is -2.25. The number of nitrogens with zero attached hydrogens (tertiary/aromatic N) is 1. The second-order valence-corrected chi connectivity index (χ2v) is 8.59. The average Bonchev–Trinajstić information content (AvgIpc) is 3.02. The summed E-state index contributed by atoms with van der Waals surface area (Å²) < 4.78 is 78.9. The first-order valence-corrected chi connectivity index (χ1v) is 10.5. The van der Waals surface area contributed by atoms with Crippen molar-refractivity contribution in [1.29, 1.82) is 0 Å². The lowest BCUT2D eigenvalue weighted by atomic mass is 10.1. The van der Waals surface area contributed by atoms with E-state index in [-0.39, 0.29) is 23.6 Å². The summed E-state index contributed by atoms with van der Waals surface area (Å²) in [4.78, 5) is 14.0. The molecule has 2 atom stereocenters. The van der Waals surface area contributed by atoms with Gasteiger partial charge >= 0.3 is 12.4 Å². The smallest absolute Gasteiger partial charge is 0.354 e. The van der Waals surface area contributed by atoms with Crippen LogP contribution in [0.3, 0.4) is 0 Å². The van der Waals surface area contributed by atoms with Gasteiger partial charge in [-0.05, 0) is 62.1 Å². The molecule has 0 bridgehead atoms. The molecule has 1 aliphatic rings. The van der Waals surface area contributed by atoms with E-state index in [0.717, 1.165) is 11.1 Å². The minimum Gasteiger partial charge on any atom is -0.354 e. The van der Waals surface area contributed by atoms with Crippen LogP contribution in [0.25, 0.3) is 0 Å². The Balaban J connectivity index is 1.82. The minimum atomic E-state index is -4.97. The molecule has 5 nitrogen and oxygen atoms in total. The van der Waals surface area contributed by atoms with Crippen molar-refractivity contribution in [2.24, 2.45) is 0 Å². The van der Waals surface area contributed by atoms with Crippen molar-refractivity contribution < 1.29 is 31.1 Å². The van der Waals surface area contributed by atoms with Crippen molar-refractivity contribution in [3.8, 4) is 0 Å². The summed E-state index contributed by atoms with van der Waals surface area (Å²) in [5.41, 5.74) is -1.60. The monoisotopic (exact) mass is 504 g/mol. The van der Waals surface area contributed by atoms with Gasteiger partial charge in [0, 0.05) is 5.69 Å². The molecule has 3 rings (SSSR count). The van der Waals surface area contributed by atoms with Gasteiger partial charge in [0.2, 0.25) is 5.91 Å². The molecule has 12 heteroatoms. The molecule has 0 aromatic heterocycles. The van der Waals surface area contributed by atoms with Gasteiger partial charge in [-0.1, -0.05) is 24.3 Å². The molecule has 0 aliphatic heterocycles. The van der Waals surface area contributed by atoms with E-state index in [2.05, 4.69) is 16.0 Å². The summed E-state index contributed by atoms with van der Waals surface area (Å²) in [7, 11) is 3.48. The van der Waals surface area contributed by atoms with E-state index >= 15 is 0 Å². The topological polar surface area (TPSA) is 56.4 Å². The van der Waals surface area contributed by atoms with Crippen molar-refractivity contribution in [3.05, 3.63) is 64.7 Å². The second-order valence-electron chi connectivity index (χ2n) is 8.19. The van der Waals surface area contributed by atoms with Gasteiger partial charge in [-0.15, -0.1) is 0 Å². The molecule has 1 aliphatic carbocycles. The molecular weight excluding hydrogens is 482 g/mol. The van der Waals surface area contributed by atoms with Crippen LogP contribution in [0.4, 0.5) is 32.0 Å². The first kappa shape index (κ1) is 25.8. The van der Waals surface area contributed by atoms with Crippen LogP contribution in [0.15, 0.2) is 42.5 Å². The van der Waals surface area contributed by atoms with Gasteiger partial charge in [0.1, 0.15) is 0 Å². The minimum absolute atomic E-state index is 0.0468. The third-order valence-corrected chi connectivity index (χ3v) is 5.39. The van der Waals surface area contributed by atoms with Gasteiger partial charge in [-0.3, -0.25) is 4.79 Å². The van der Waals surface area contributed by atoms with Crippen molar-refractivity contribution in [2.75, 3.05) is 26.0 Å². The fraction of sp³-hybridized carbons (Fsp3) is 0.364. The number of fused-ring (bicyclic) bond motifs is 1. The zero-order valence-corrected chi connectivity index (χ0v) is 19.0. The number of rotatable bonds is 5. The number of alkyl halides is 6. The highest BCUT2D eigenvalue weighted by Gasteiger charge is 2.37. The van der Waals surface area contributed by atoms with Crippen LogP contribution in [0.1, 0.15) is 28.3 Å². The first-order valence-electron chi connectivity index (χ1n) is 10.1. The fourth-order valence-corrected chi connectivity index (χ4v) is 4.03. The molecule has 0 fully saturated rings. The summed E-state index contributed by atoms with van der Waals surface area (Å²) in [6.07, 6.45) is -9.46. The largest absolute Gasteiger partial charge is 0.416 e. The number of hydrogen-bond donors (Lipinski definition) is 3. The first-order chi connectivity index (χ1) is 15.7. The zero-order valence-electron chi connectivity index (χ0n) is 18.1. The third kappa shape index (κ3) is 6.38. The van der Waals surface area contributed by atoms with Crippen LogP contribution in [-0.4, -0.2) is 42.6 Å². The van der Waals surface area contributed by atoms with Crippen molar-refractivity contribution >= 4 is 28.9 Å². The van der Waals surface area contributed by atoms with E-state index in [4.69, 9.17) is 12.2 Å². The Morgan fingerprint density at radius 3 is 2.15 bits per heavy atom. The summed E-state index contributed by atoms with van der Waals surface area (Å²) >= 11 is 5.21. The van der Waals surface area contributed by atoms with Crippen molar-refractivity contribution in [1.82, 2.24) is 15.5 Å². The molecule has 0 heterocycles. The summed E-state index contributed by atoms with van der Waals surface area (Å²) in [6.45, 7) is 0.146. The van der Waals surface area contributed by atoms with Gasteiger partial charge in [0.05, 0.1) is 29.8 Å². The van der Waals surface area contributed by atoms with E-state index in [0.29, 0.717) is 18.6 Å². The van der Waals surface area contributed by atoms with Crippen LogP contribution in [0, 0.1) is 0 Å². The predicted molar refractivity (Wildman–Crippen MR) is 119 cm³/mol. The van der Waals surface area contributed by atoms with Gasteiger partial charge in [-0.25, -0.2) is 0 Å². The average molecular weight is 505 g/mol. The summed E-state index contributed by atoms with van der Waals surface area (Å²) in [5.74, 6) is -0.235. The Morgan fingerprint density at radius 2 is 1.59 bits per heavy atom. The van der Waals surface area contributed by atoms with Crippen molar-refractivity contribution in [2.45, 2.75) is 30.9 Å². The predicted octanol–water partition coefficient (Wildman–Crippen LogP) is 4.35. The van der Waals surface area contributed by atoms with Crippen molar-refractivity contribution in [3.63, 3.8) is 0 Å². The molecule has 2 aromatic carbocycles. The molecule has 2 aromatic rings. The maximum Gasteiger partial charge on any atom is 0.416 e. The van der Waals surface area contributed by atoms with E-state index in [1.54, 1.807) is 25.1 Å². The molecule has 1 amide bonds. The molecule has 0 saturated carbocycles. The number of carbonyl (C=O) groups excluding carboxylic acids is 1. The molecule has 34 heavy (non-hydrogen) atoms. The highest BCUT2D eigenvalue weighted by atomic mass is 32.1. The van der Waals surface area contributed by atoms with Crippen LogP contribution < -0.4 is 16.0 Å². The molecule has 0 radical (unpaired) electrons. The highest BCUT2D eigenvalue weighted by Crippen LogP contribution is 2.38. The van der Waals surface area contributed by atoms with Crippen LogP contribution in [-0.2, 0) is 23.6 Å². The Hall–Kier alpha value is -2.86. The molecule has 184 valence electrons. The summed E-state index contributed by atoms with van der Waals surface area (Å²) in [6, 6.07) is 7.52. The summed E-state index contributed by atoms with van der Waals surface area (Å²) in [5, 5.41) is 8.10. The Labute approximate surface area is 197 Å². The van der Waals surface area contributed by atoms with E-state index in [9.17, 15) is 31.1 Å². The van der Waals surface area contributed by atoms with Crippen LogP contribution >= 0.6 is 12.2 Å². The fourth-order valence-electron chi connectivity index (χ4n) is 3.78. The maximum atomic E-state index is 13.1. The van der Waals surface area contributed by atoms with E-state index in [1.165, 1.54) is 0 Å². The highest BCUT2D eigenvalue weighted by molar-refractivity contribution is 7.80. The number of benzene rings is 2. The number of thiocarbonyl (C=S) groups is 1. The standard InChI is InChI=1S/C22H22F6N4OS/c1-32(2)11-18(33)30-17-7-12-5-3-4-6-16(12)19(17)31-20(34)29-15-9-13(21(23,24)25)8-14(10-15)22(26,27)28/h3-6,8-10,17,19H,7,11H2,1-2H3,(H,30,33)(H2,29,31,34)/t17-,19-/m0/s1. The normalized spacial score (nSPS) is 17.9. The third-order valence-electron chi connectivity index (χ3n) is 5.17. The lowest BCUT2D eigenvalue weighted by Crippen LogP contribution is -2.47. The van der Waals surface area contributed by atoms with Gasteiger partial charge in [-0.2, -0.15) is 26.3 Å². The van der Waals surface area contributed by atoms with E-state index in [1.807, 2.05) is 18.2 Å². The number of amides is 1. The number of halogens is 6. The van der Waals surface area contributed by atoms with Gasteiger partial charge in [0.25, 0.3) is 0 Å². The molecule has 3 N–H and O–H groups in total. The molecule has 0 unspecified atom stereocenters. The van der Waals surface area contributed by atoms with Gasteiger partial charge in [0.15, 0.2) is 5.11 Å². The zero-order chi connectivity index (χ0) is 25.3. The SMILES string of the molecule is CN(C)CC(=O)N[C@H]1Cc2ccccc2[C@@H]1NC(=S)Nc1cc(C(F)(F)F)cc(C(F)(F)F)c1. The van der Waals surface area contributed by atoms with Gasteiger partial charge < -0.3 is 20.9 Å². The number of anilines is 1. The van der Waals surface area contributed by atoms with Crippen LogP contribution in [0.5, 0.6) is 0 Å². The Morgan fingerprint density at radius 1 is 1.00 bits per heavy atom. The van der Waals surface area contributed by atoms with E-state index < -0.39 is 41.3 Å². The Kier molecular flexibility index (Phi) is 7.41. The number of nitrogens with one attached hydrogen (secondary N) is 3. The molecular formula is C22H22F6N4OS. The lowest BCUT2D eigenvalue weighted by molar-refractivity contribution is -0.143. The second kappa shape index (κ2) is 9.79. The Bertz CT molecular complexity index is 1040. The quantitative estimate of drug-likeness (QED) is 0.418. The number of likely N-dealkylation sites (N-methyl/N-ethyl adjacent to an activating group) is 1.